The van der Waals surface area contributed by atoms with Gasteiger partial charge in [-0.05, 0) is 135 Å². The lowest BCUT2D eigenvalue weighted by molar-refractivity contribution is 0.0184. The number of carbonyl (C=O) groups excluding carboxylic acids is 3. The van der Waals surface area contributed by atoms with Crippen LogP contribution in [0.25, 0.3) is 20.9 Å². The lowest BCUT2D eigenvalue weighted by atomic mass is 10.1. The van der Waals surface area contributed by atoms with Crippen molar-refractivity contribution in [3.63, 3.8) is 0 Å². The quantitative estimate of drug-likeness (QED) is 0.0909. The molecule has 0 unspecified atom stereocenters. The molecule has 0 aliphatic carbocycles. The second-order valence-corrected chi connectivity index (χ2v) is 20.3. The Morgan fingerprint density at radius 1 is 0.701 bits per heavy atom. The zero-order valence-electron chi connectivity index (χ0n) is 39.8. The lowest BCUT2D eigenvalue weighted by Crippen LogP contribution is -2.42. The van der Waals surface area contributed by atoms with Gasteiger partial charge in [-0.1, -0.05) is 0 Å². The average Bonchev–Trinajstić information content (AvgIpc) is 4.10. The molecule has 5 N–H and O–H groups in total. The predicted octanol–water partition coefficient (Wildman–Crippen LogP) is 7.81. The number of rotatable bonds is 10. The van der Waals surface area contributed by atoms with E-state index < -0.39 is 5.60 Å². The van der Waals surface area contributed by atoms with E-state index in [4.69, 9.17) is 4.74 Å². The Labute approximate surface area is 398 Å². The number of ether oxygens (including phenoxy) is 1. The molecule has 0 bridgehead atoms. The Balaban J connectivity index is 0.000000203. The van der Waals surface area contributed by atoms with Gasteiger partial charge in [0, 0.05) is 92.7 Å². The highest BCUT2D eigenvalue weighted by atomic mass is 32.1. The second-order valence-electron chi connectivity index (χ2n) is 18.6. The van der Waals surface area contributed by atoms with Crippen molar-refractivity contribution in [3.05, 3.63) is 124 Å². The molecule has 0 saturated carbocycles. The van der Waals surface area contributed by atoms with Crippen LogP contribution in [0.1, 0.15) is 124 Å². The molecule has 2 aliphatic rings. The largest absolute Gasteiger partial charge is 0.444 e. The number of aryl methyl sites for hydroxylation is 4. The van der Waals surface area contributed by atoms with Crippen LogP contribution in [0.5, 0.6) is 0 Å². The summed E-state index contributed by atoms with van der Waals surface area (Å²) in [6.45, 7) is 20.6. The van der Waals surface area contributed by atoms with E-state index in [9.17, 15) is 24.0 Å². The summed E-state index contributed by atoms with van der Waals surface area (Å²) in [5.74, 6) is -0.374. The van der Waals surface area contributed by atoms with Crippen molar-refractivity contribution in [3.8, 4) is 20.9 Å². The minimum absolute atomic E-state index is 0.152. The first kappa shape index (κ1) is 48.8. The standard InChI is InChI=1S/C27H35N5O4S.C22H27N5O2S/c1-16-11-17(2)30-25(34)21(16)13-28-24(33)22-15-37-23(18(22)3)19-12-29-32(14-19)20-7-9-31(10-8-20)26(35)36-27(4,5)6;1-13-8-14(2)26-22(29)18(13)10-24-21(28)19-12-30-20(15(19)3)16-9-25-27(11-16)17-4-6-23-7-5-17/h11-12,14-15,20H,7-10,13H2,1-6H3,(H,28,33)(H,30,34);8-9,11-12,17,23H,4-7,10H2,1-3H3,(H,24,28)(H,26,29). The van der Waals surface area contributed by atoms with E-state index in [2.05, 4.69) is 47.0 Å². The first-order valence-corrected chi connectivity index (χ1v) is 24.5. The fraction of sp³-hybridized carbons (Fsp3) is 0.449. The van der Waals surface area contributed by atoms with E-state index in [1.54, 1.807) is 16.2 Å². The SMILES string of the molecule is Cc1cc(C)c(CNC(=O)c2csc(-c3cnn(C4CCN(C(=O)OC(C)(C)C)CC4)c3)c2C)c(=O)[nH]1.Cc1cc(C)c(CNC(=O)c2csc(-c3cnn(C4CCNCC4)c3)c2C)c(=O)[nH]1. The number of thiophene rings is 2. The fourth-order valence-corrected chi connectivity index (χ4v) is 10.7. The molecule has 16 nitrogen and oxygen atoms in total. The average molecular weight is 951 g/mol. The molecule has 6 aromatic rings. The number of likely N-dealkylation sites (tertiary alicyclic amines) is 1. The third-order valence-electron chi connectivity index (χ3n) is 12.3. The van der Waals surface area contributed by atoms with Crippen LogP contribution in [0.3, 0.4) is 0 Å². The third kappa shape index (κ3) is 11.7. The molecule has 3 amide bonds. The summed E-state index contributed by atoms with van der Waals surface area (Å²) >= 11 is 3.06. The van der Waals surface area contributed by atoms with Gasteiger partial charge in [0.1, 0.15) is 5.60 Å². The number of H-pyrrole nitrogens is 2. The van der Waals surface area contributed by atoms with Crippen molar-refractivity contribution in [1.29, 1.82) is 0 Å². The van der Waals surface area contributed by atoms with E-state index in [0.29, 0.717) is 41.4 Å². The Hall–Kier alpha value is -6.11. The lowest BCUT2D eigenvalue weighted by Gasteiger charge is -2.33. The second kappa shape index (κ2) is 20.8. The summed E-state index contributed by atoms with van der Waals surface area (Å²) in [5.41, 5.74) is 8.74. The minimum atomic E-state index is -0.504. The van der Waals surface area contributed by atoms with Gasteiger partial charge in [-0.25, -0.2) is 4.79 Å². The van der Waals surface area contributed by atoms with Crippen LogP contribution in [0.2, 0.25) is 0 Å². The highest BCUT2D eigenvalue weighted by Gasteiger charge is 2.29. The smallest absolute Gasteiger partial charge is 0.410 e. The molecule has 0 radical (unpaired) electrons. The number of carbonyl (C=O) groups is 3. The van der Waals surface area contributed by atoms with Crippen LogP contribution < -0.4 is 27.1 Å². The van der Waals surface area contributed by atoms with Gasteiger partial charge in [0.2, 0.25) is 0 Å². The summed E-state index contributed by atoms with van der Waals surface area (Å²) in [6, 6.07) is 4.44. The Bertz CT molecular complexity index is 2860. The van der Waals surface area contributed by atoms with Crippen LogP contribution in [0.4, 0.5) is 4.79 Å². The van der Waals surface area contributed by atoms with Crippen LogP contribution in [0.15, 0.2) is 57.3 Å². The summed E-state index contributed by atoms with van der Waals surface area (Å²) in [5, 5.41) is 22.1. The Morgan fingerprint density at radius 3 is 1.55 bits per heavy atom. The van der Waals surface area contributed by atoms with Crippen molar-refractivity contribution >= 4 is 40.6 Å². The van der Waals surface area contributed by atoms with Gasteiger partial charge in [0.15, 0.2) is 0 Å². The number of aromatic nitrogens is 6. The molecule has 0 spiro atoms. The first-order chi connectivity index (χ1) is 31.9. The van der Waals surface area contributed by atoms with Gasteiger partial charge < -0.3 is 35.6 Å². The molecule has 8 rings (SSSR count). The topological polar surface area (TPSA) is 201 Å². The van der Waals surface area contributed by atoms with E-state index in [1.165, 1.54) is 11.3 Å². The van der Waals surface area contributed by atoms with Gasteiger partial charge in [-0.15, -0.1) is 22.7 Å². The molecule has 18 heteroatoms. The number of pyridine rings is 2. The van der Waals surface area contributed by atoms with Crippen molar-refractivity contribution in [1.82, 2.24) is 50.4 Å². The molecule has 2 fully saturated rings. The highest BCUT2D eigenvalue weighted by molar-refractivity contribution is 7.14. The maximum Gasteiger partial charge on any atom is 0.410 e. The predicted molar refractivity (Wildman–Crippen MR) is 263 cm³/mol. The zero-order chi connectivity index (χ0) is 48.2. The monoisotopic (exact) mass is 950 g/mol. The van der Waals surface area contributed by atoms with Gasteiger partial charge in [-0.3, -0.25) is 28.5 Å². The van der Waals surface area contributed by atoms with Gasteiger partial charge >= 0.3 is 6.09 Å². The Kier molecular flexibility index (Phi) is 15.2. The van der Waals surface area contributed by atoms with E-state index in [-0.39, 0.29) is 48.2 Å². The summed E-state index contributed by atoms with van der Waals surface area (Å²) in [6.07, 6.45) is 11.3. The zero-order valence-corrected chi connectivity index (χ0v) is 41.5. The first-order valence-electron chi connectivity index (χ1n) is 22.8. The summed E-state index contributed by atoms with van der Waals surface area (Å²) in [7, 11) is 0. The van der Waals surface area contributed by atoms with E-state index in [1.807, 2.05) is 108 Å². The van der Waals surface area contributed by atoms with Crippen LogP contribution >= 0.6 is 22.7 Å². The number of hydrogen-bond acceptors (Lipinski definition) is 11. The molecule has 0 atom stereocenters. The minimum Gasteiger partial charge on any atom is -0.444 e. The van der Waals surface area contributed by atoms with Crippen molar-refractivity contribution in [2.75, 3.05) is 26.2 Å². The number of amides is 3. The molecule has 8 heterocycles. The number of nitrogens with one attached hydrogen (secondary N) is 5. The number of piperidine rings is 2. The van der Waals surface area contributed by atoms with Crippen molar-refractivity contribution in [2.24, 2.45) is 0 Å². The van der Waals surface area contributed by atoms with Crippen LogP contribution in [0, 0.1) is 41.5 Å². The molecular weight excluding hydrogens is 889 g/mol. The summed E-state index contributed by atoms with van der Waals surface area (Å²) in [4.78, 5) is 71.9. The van der Waals surface area contributed by atoms with Crippen LogP contribution in [-0.2, 0) is 17.8 Å². The maximum atomic E-state index is 12.9. The van der Waals surface area contributed by atoms with Crippen molar-refractivity contribution in [2.45, 2.75) is 119 Å². The highest BCUT2D eigenvalue weighted by Crippen LogP contribution is 2.35. The Morgan fingerprint density at radius 2 is 1.13 bits per heavy atom. The summed E-state index contributed by atoms with van der Waals surface area (Å²) < 4.78 is 9.51. The molecule has 6 aromatic heterocycles. The number of aromatic amines is 2. The number of nitrogens with zero attached hydrogens (tertiary/aromatic N) is 5. The molecular formula is C49H62N10O6S2. The van der Waals surface area contributed by atoms with Gasteiger partial charge in [0.05, 0.1) is 35.6 Å². The maximum absolute atomic E-state index is 12.9. The molecule has 0 aromatic carbocycles. The molecule has 67 heavy (non-hydrogen) atoms. The van der Waals surface area contributed by atoms with Crippen LogP contribution in [-0.4, -0.2) is 84.1 Å². The van der Waals surface area contributed by atoms with E-state index in [0.717, 1.165) is 93.3 Å². The van der Waals surface area contributed by atoms with Gasteiger partial charge in [0.25, 0.3) is 22.9 Å². The third-order valence-corrected chi connectivity index (χ3v) is 14.6. The normalized spacial score (nSPS) is 14.7. The van der Waals surface area contributed by atoms with Gasteiger partial charge in [-0.2, -0.15) is 10.2 Å². The van der Waals surface area contributed by atoms with E-state index >= 15 is 0 Å². The molecule has 2 saturated heterocycles. The molecule has 356 valence electrons. The van der Waals surface area contributed by atoms with Crippen molar-refractivity contribution < 1.29 is 19.1 Å². The molecule has 2 aliphatic heterocycles. The number of hydrogen-bond donors (Lipinski definition) is 5. The fourth-order valence-electron chi connectivity index (χ4n) is 8.60.